The minimum atomic E-state index is -3.69. The van der Waals surface area contributed by atoms with Crippen LogP contribution in [-0.2, 0) is 10.2 Å². The van der Waals surface area contributed by atoms with Gasteiger partial charge in [0.05, 0.1) is 0 Å². The molecule has 0 aromatic carbocycles. The monoisotopic (exact) mass is 166 g/mol. The predicted molar refractivity (Wildman–Crippen MR) is 38.7 cm³/mol. The second kappa shape index (κ2) is 3.37. The van der Waals surface area contributed by atoms with E-state index < -0.39 is 10.2 Å². The summed E-state index contributed by atoms with van der Waals surface area (Å²) >= 11 is 0. The molecular weight excluding hydrogens is 156 g/mol. The van der Waals surface area contributed by atoms with E-state index >= 15 is 0 Å². The Kier molecular flexibility index (Phi) is 3.10. The molecule has 0 fully saturated rings. The van der Waals surface area contributed by atoms with E-state index in [2.05, 4.69) is 15.4 Å². The summed E-state index contributed by atoms with van der Waals surface area (Å²) in [6, 6.07) is 0. The number of hydrogen-bond acceptors (Lipinski definition) is 3. The molecule has 60 valence electrons. The lowest BCUT2D eigenvalue weighted by Crippen LogP contribution is -2.42. The van der Waals surface area contributed by atoms with Crippen molar-refractivity contribution in [3.8, 4) is 0 Å². The molecule has 4 N–H and O–H groups in total. The molecule has 0 heterocycles. The van der Waals surface area contributed by atoms with Crippen molar-refractivity contribution in [2.75, 3.05) is 14.1 Å². The molecule has 0 saturated heterocycles. The van der Waals surface area contributed by atoms with Gasteiger partial charge in [-0.2, -0.15) is 8.42 Å². The fourth-order valence-corrected chi connectivity index (χ4v) is 0.806. The van der Waals surface area contributed by atoms with Crippen molar-refractivity contribution in [1.82, 2.24) is 10.0 Å². The fourth-order valence-electron chi connectivity index (χ4n) is 0.343. The van der Waals surface area contributed by atoms with Gasteiger partial charge in [0.15, 0.2) is 0 Å². The molecule has 0 saturated carbocycles. The van der Waals surface area contributed by atoms with Gasteiger partial charge >= 0.3 is 0 Å². The Labute approximate surface area is 59.7 Å². The van der Waals surface area contributed by atoms with Gasteiger partial charge in [-0.15, -0.1) is 0 Å². The second-order valence-electron chi connectivity index (χ2n) is 1.47. The summed E-state index contributed by atoms with van der Waals surface area (Å²) in [4.78, 5) is 3.53. The van der Waals surface area contributed by atoms with Crippen LogP contribution in [0, 0.1) is 0 Å². The molecule has 10 heavy (non-hydrogen) atoms. The first-order valence-electron chi connectivity index (χ1n) is 2.44. The SMILES string of the molecule is CN=C(NC)NS(N)(=O)=O. The number of nitrogens with two attached hydrogens (primary N) is 1. The topological polar surface area (TPSA) is 96.6 Å². The maximum atomic E-state index is 10.3. The highest BCUT2D eigenvalue weighted by atomic mass is 32.2. The Hall–Kier alpha value is -0.820. The third kappa shape index (κ3) is 4.10. The number of aliphatic imine (C=N–C) groups is 1. The normalized spacial score (nSPS) is 12.9. The van der Waals surface area contributed by atoms with E-state index in [1.807, 2.05) is 4.72 Å². The average Bonchev–Trinajstić information content (AvgIpc) is 1.81. The molecule has 0 aliphatic carbocycles. The lowest BCUT2D eigenvalue weighted by Gasteiger charge is -2.03. The van der Waals surface area contributed by atoms with Gasteiger partial charge in [-0.25, -0.2) is 9.86 Å². The number of nitrogens with zero attached hydrogens (tertiary/aromatic N) is 1. The smallest absolute Gasteiger partial charge is 0.298 e. The first kappa shape index (κ1) is 9.18. The van der Waals surface area contributed by atoms with Crippen LogP contribution in [0.15, 0.2) is 4.99 Å². The number of nitrogens with one attached hydrogen (secondary N) is 2. The average molecular weight is 166 g/mol. The Morgan fingerprint density at radius 3 is 2.20 bits per heavy atom. The minimum Gasteiger partial charge on any atom is -0.359 e. The third-order valence-electron chi connectivity index (χ3n) is 0.699. The fraction of sp³-hybridized carbons (Fsp3) is 0.667. The van der Waals surface area contributed by atoms with Gasteiger partial charge in [-0.3, -0.25) is 4.99 Å². The third-order valence-corrected chi connectivity index (χ3v) is 1.18. The van der Waals surface area contributed by atoms with E-state index in [0.717, 1.165) is 0 Å². The summed E-state index contributed by atoms with van der Waals surface area (Å²) < 4.78 is 22.6. The maximum absolute atomic E-state index is 10.3. The number of guanidine groups is 1. The lowest BCUT2D eigenvalue weighted by atomic mass is 11.0. The van der Waals surface area contributed by atoms with Crippen LogP contribution < -0.4 is 15.2 Å². The van der Waals surface area contributed by atoms with E-state index in [4.69, 9.17) is 0 Å². The molecule has 0 aliphatic rings. The maximum Gasteiger partial charge on any atom is 0.298 e. The Balaban J connectivity index is 4.16. The molecule has 0 amide bonds. The van der Waals surface area contributed by atoms with Crippen LogP contribution in [0.2, 0.25) is 0 Å². The van der Waals surface area contributed by atoms with Crippen LogP contribution in [0.25, 0.3) is 0 Å². The quantitative estimate of drug-likeness (QED) is 0.310. The molecule has 0 aromatic rings. The van der Waals surface area contributed by atoms with Crippen molar-refractivity contribution < 1.29 is 8.42 Å². The Morgan fingerprint density at radius 2 is 2.10 bits per heavy atom. The molecule has 0 rings (SSSR count). The van der Waals surface area contributed by atoms with Crippen molar-refractivity contribution in [1.29, 1.82) is 0 Å². The molecule has 0 aliphatic heterocycles. The van der Waals surface area contributed by atoms with Crippen LogP contribution in [0.3, 0.4) is 0 Å². The van der Waals surface area contributed by atoms with Gasteiger partial charge in [0.2, 0.25) is 5.96 Å². The summed E-state index contributed by atoms with van der Waals surface area (Å²) in [7, 11) is -0.728. The molecular formula is C3H10N4O2S. The highest BCUT2D eigenvalue weighted by molar-refractivity contribution is 7.87. The predicted octanol–water partition coefficient (Wildman–Crippen LogP) is -2.02. The van der Waals surface area contributed by atoms with Crippen molar-refractivity contribution in [2.24, 2.45) is 10.1 Å². The van der Waals surface area contributed by atoms with Crippen LogP contribution in [0.4, 0.5) is 0 Å². The molecule has 0 unspecified atom stereocenters. The summed E-state index contributed by atoms with van der Waals surface area (Å²) in [5.41, 5.74) is 0. The number of rotatable bonds is 1. The van der Waals surface area contributed by atoms with Crippen LogP contribution in [0.1, 0.15) is 0 Å². The summed E-state index contributed by atoms with van der Waals surface area (Å²) in [5, 5.41) is 7.12. The molecule has 0 atom stereocenters. The van der Waals surface area contributed by atoms with E-state index in [1.165, 1.54) is 14.1 Å². The zero-order valence-corrected chi connectivity index (χ0v) is 6.57. The number of hydrogen-bond donors (Lipinski definition) is 3. The first-order valence-corrected chi connectivity index (χ1v) is 3.99. The molecule has 0 aromatic heterocycles. The van der Waals surface area contributed by atoms with Crippen molar-refractivity contribution >= 4 is 16.2 Å². The molecule has 0 spiro atoms. The van der Waals surface area contributed by atoms with Crippen molar-refractivity contribution in [2.45, 2.75) is 0 Å². The standard InChI is InChI=1S/C3H10N4O2S/c1-5-3(6-2)7-10(4,8)9/h1-2H3,(H2,4,8,9)(H2,5,6,7). The van der Waals surface area contributed by atoms with Crippen LogP contribution in [0.5, 0.6) is 0 Å². The van der Waals surface area contributed by atoms with Crippen molar-refractivity contribution in [3.05, 3.63) is 0 Å². The van der Waals surface area contributed by atoms with Gasteiger partial charge < -0.3 is 5.32 Å². The molecule has 6 nitrogen and oxygen atoms in total. The molecule has 7 heteroatoms. The van der Waals surface area contributed by atoms with Gasteiger partial charge in [0.25, 0.3) is 10.2 Å². The van der Waals surface area contributed by atoms with E-state index in [0.29, 0.717) is 0 Å². The lowest BCUT2D eigenvalue weighted by molar-refractivity contribution is 0.593. The zero-order valence-electron chi connectivity index (χ0n) is 5.75. The van der Waals surface area contributed by atoms with Gasteiger partial charge in [0, 0.05) is 14.1 Å². The second-order valence-corrected chi connectivity index (χ2v) is 2.76. The van der Waals surface area contributed by atoms with Gasteiger partial charge in [-0.05, 0) is 0 Å². The summed E-state index contributed by atoms with van der Waals surface area (Å²) in [6.07, 6.45) is 0. The van der Waals surface area contributed by atoms with E-state index in [-0.39, 0.29) is 5.96 Å². The minimum absolute atomic E-state index is 0.113. The van der Waals surface area contributed by atoms with E-state index in [1.54, 1.807) is 0 Å². The van der Waals surface area contributed by atoms with Gasteiger partial charge in [-0.1, -0.05) is 0 Å². The zero-order chi connectivity index (χ0) is 8.20. The Bertz CT molecular complexity index is 219. The molecule has 0 bridgehead atoms. The Morgan fingerprint density at radius 1 is 1.60 bits per heavy atom. The molecule has 0 radical (unpaired) electrons. The highest BCUT2D eigenvalue weighted by Crippen LogP contribution is 1.68. The van der Waals surface area contributed by atoms with Crippen LogP contribution >= 0.6 is 0 Å². The first-order chi connectivity index (χ1) is 4.49. The highest BCUT2D eigenvalue weighted by Gasteiger charge is 2.02. The van der Waals surface area contributed by atoms with E-state index in [9.17, 15) is 8.42 Å². The summed E-state index contributed by atoms with van der Waals surface area (Å²) in [5.74, 6) is 0.113. The summed E-state index contributed by atoms with van der Waals surface area (Å²) in [6.45, 7) is 0. The van der Waals surface area contributed by atoms with Crippen LogP contribution in [-0.4, -0.2) is 28.5 Å². The van der Waals surface area contributed by atoms with Crippen molar-refractivity contribution in [3.63, 3.8) is 0 Å². The van der Waals surface area contributed by atoms with Gasteiger partial charge in [0.1, 0.15) is 0 Å². The largest absolute Gasteiger partial charge is 0.359 e.